The lowest BCUT2D eigenvalue weighted by molar-refractivity contribution is -0.132. The lowest BCUT2D eigenvalue weighted by Gasteiger charge is -2.23. The van der Waals surface area contributed by atoms with Gasteiger partial charge in [0.15, 0.2) is 0 Å². The molecule has 5 rings (SSSR count). The number of hydrogen-bond donors (Lipinski definition) is 2. The Morgan fingerprint density at radius 1 is 0.974 bits per heavy atom. The zero-order chi connectivity index (χ0) is 27.5. The lowest BCUT2D eigenvalue weighted by Crippen LogP contribution is -2.29. The van der Waals surface area contributed by atoms with Gasteiger partial charge in [0.1, 0.15) is 23.3 Å². The van der Waals surface area contributed by atoms with Gasteiger partial charge in [0.25, 0.3) is 11.7 Å². The van der Waals surface area contributed by atoms with Crippen LogP contribution < -0.4 is 15.0 Å². The number of nitrogens with zero attached hydrogens (tertiary/aromatic N) is 1. The molecule has 3 aromatic carbocycles. The highest BCUT2D eigenvalue weighted by Gasteiger charge is 2.48. The van der Waals surface area contributed by atoms with E-state index in [1.54, 1.807) is 42.5 Å². The molecule has 0 spiro atoms. The first-order valence-corrected chi connectivity index (χ1v) is 12.8. The summed E-state index contributed by atoms with van der Waals surface area (Å²) in [5, 5.41) is 14.7. The number of amides is 1. The SMILES string of the molecule is Cc1cc(/C(O)=C2/C(=O)C(=O)N(c3ccc(Nc4ccccc4)cc3)C2c2ccco2)ccc1OCC(C)C. The number of rotatable bonds is 8. The summed E-state index contributed by atoms with van der Waals surface area (Å²) in [7, 11) is 0. The smallest absolute Gasteiger partial charge is 0.300 e. The van der Waals surface area contributed by atoms with Crippen molar-refractivity contribution >= 4 is 34.5 Å². The number of aliphatic hydroxyl groups is 1. The zero-order valence-electron chi connectivity index (χ0n) is 22.0. The molecule has 7 nitrogen and oxygen atoms in total. The first-order chi connectivity index (χ1) is 18.8. The number of nitrogens with one attached hydrogen (secondary N) is 1. The minimum Gasteiger partial charge on any atom is -0.507 e. The number of ether oxygens (including phenoxy) is 1. The first-order valence-electron chi connectivity index (χ1n) is 12.8. The average Bonchev–Trinajstić information content (AvgIpc) is 3.55. The second-order valence-electron chi connectivity index (χ2n) is 9.91. The number of carbonyl (C=O) groups excluding carboxylic acids is 2. The van der Waals surface area contributed by atoms with Gasteiger partial charge in [0.05, 0.1) is 18.4 Å². The maximum atomic E-state index is 13.4. The highest BCUT2D eigenvalue weighted by molar-refractivity contribution is 6.51. The fourth-order valence-electron chi connectivity index (χ4n) is 4.58. The fourth-order valence-corrected chi connectivity index (χ4v) is 4.58. The monoisotopic (exact) mass is 522 g/mol. The third-order valence-electron chi connectivity index (χ3n) is 6.49. The number of benzene rings is 3. The number of Topliss-reactive ketones (excluding diaryl/α,β-unsaturated/α-hetero) is 1. The summed E-state index contributed by atoms with van der Waals surface area (Å²) in [6.45, 7) is 6.57. The molecule has 198 valence electrons. The van der Waals surface area contributed by atoms with Gasteiger partial charge in [-0.1, -0.05) is 32.0 Å². The van der Waals surface area contributed by atoms with E-state index in [9.17, 15) is 14.7 Å². The van der Waals surface area contributed by atoms with Crippen LogP contribution in [0.2, 0.25) is 0 Å². The van der Waals surface area contributed by atoms with Crippen LogP contribution in [0.1, 0.15) is 36.8 Å². The molecule has 2 heterocycles. The van der Waals surface area contributed by atoms with Crippen LogP contribution in [-0.2, 0) is 9.59 Å². The van der Waals surface area contributed by atoms with E-state index in [1.807, 2.05) is 49.4 Å². The van der Waals surface area contributed by atoms with Crippen LogP contribution in [-0.4, -0.2) is 23.4 Å². The minimum atomic E-state index is -0.926. The molecule has 2 N–H and O–H groups in total. The Morgan fingerprint density at radius 3 is 2.33 bits per heavy atom. The van der Waals surface area contributed by atoms with Crippen LogP contribution in [0.5, 0.6) is 5.75 Å². The van der Waals surface area contributed by atoms with Gasteiger partial charge >= 0.3 is 0 Å². The van der Waals surface area contributed by atoms with Crippen LogP contribution in [0.25, 0.3) is 5.76 Å². The largest absolute Gasteiger partial charge is 0.507 e. The summed E-state index contributed by atoms with van der Waals surface area (Å²) >= 11 is 0. The molecule has 1 unspecified atom stereocenters. The topological polar surface area (TPSA) is 92.0 Å². The molecule has 39 heavy (non-hydrogen) atoms. The van der Waals surface area contributed by atoms with Crippen molar-refractivity contribution in [3.05, 3.63) is 114 Å². The molecule has 0 aliphatic carbocycles. The van der Waals surface area contributed by atoms with E-state index in [4.69, 9.17) is 9.15 Å². The molecule has 1 aliphatic rings. The highest BCUT2D eigenvalue weighted by Crippen LogP contribution is 2.43. The number of hydrogen-bond acceptors (Lipinski definition) is 6. The molecule has 1 atom stereocenters. The number of para-hydroxylation sites is 1. The molecule has 1 amide bonds. The second-order valence-corrected chi connectivity index (χ2v) is 9.91. The van der Waals surface area contributed by atoms with Crippen LogP contribution >= 0.6 is 0 Å². The molecular weight excluding hydrogens is 492 g/mol. The van der Waals surface area contributed by atoms with E-state index in [0.717, 1.165) is 16.9 Å². The Morgan fingerprint density at radius 2 is 1.69 bits per heavy atom. The number of furan rings is 1. The Kier molecular flexibility index (Phi) is 7.23. The Labute approximate surface area is 227 Å². The molecular formula is C32H30N2O5. The molecule has 1 aromatic heterocycles. The fraction of sp³-hybridized carbons (Fsp3) is 0.188. The number of aryl methyl sites for hydroxylation is 1. The molecule has 0 radical (unpaired) electrons. The maximum Gasteiger partial charge on any atom is 0.300 e. The van der Waals surface area contributed by atoms with Crippen LogP contribution in [0.15, 0.2) is 101 Å². The maximum absolute atomic E-state index is 13.4. The van der Waals surface area contributed by atoms with E-state index in [-0.39, 0.29) is 11.3 Å². The van der Waals surface area contributed by atoms with Crippen molar-refractivity contribution in [1.29, 1.82) is 0 Å². The van der Waals surface area contributed by atoms with Crippen molar-refractivity contribution in [3.8, 4) is 5.75 Å². The zero-order valence-corrected chi connectivity index (χ0v) is 22.0. The summed E-state index contributed by atoms with van der Waals surface area (Å²) in [4.78, 5) is 28.1. The standard InChI is InChI=1S/C32H30N2O5/c1-20(2)19-39-26-16-11-22(18-21(26)3)30(35)28-29(27-10-7-17-38-27)34(32(37)31(28)36)25-14-12-24(13-15-25)33-23-8-5-4-6-9-23/h4-18,20,29,33,35H,19H2,1-3H3/b30-28-. The Balaban J connectivity index is 1.51. The van der Waals surface area contributed by atoms with Gasteiger partial charge in [-0.2, -0.15) is 0 Å². The van der Waals surface area contributed by atoms with Crippen molar-refractivity contribution < 1.29 is 23.8 Å². The van der Waals surface area contributed by atoms with Gasteiger partial charge in [-0.15, -0.1) is 0 Å². The van der Waals surface area contributed by atoms with Crippen molar-refractivity contribution in [2.24, 2.45) is 5.92 Å². The second kappa shape index (κ2) is 10.9. The van der Waals surface area contributed by atoms with Crippen molar-refractivity contribution in [2.75, 3.05) is 16.8 Å². The van der Waals surface area contributed by atoms with Crippen molar-refractivity contribution in [2.45, 2.75) is 26.8 Å². The van der Waals surface area contributed by atoms with Gasteiger partial charge in [-0.25, -0.2) is 0 Å². The van der Waals surface area contributed by atoms with Crippen molar-refractivity contribution in [1.82, 2.24) is 0 Å². The molecule has 7 heteroatoms. The van der Waals surface area contributed by atoms with E-state index in [1.165, 1.54) is 11.2 Å². The molecule has 4 aromatic rings. The molecule has 1 saturated heterocycles. The lowest BCUT2D eigenvalue weighted by atomic mass is 9.98. The third kappa shape index (κ3) is 5.29. The average molecular weight is 523 g/mol. The van der Waals surface area contributed by atoms with Crippen LogP contribution in [0.3, 0.4) is 0 Å². The number of carbonyl (C=O) groups is 2. The van der Waals surface area contributed by atoms with Gasteiger partial charge in [0, 0.05) is 22.6 Å². The normalized spacial score (nSPS) is 16.6. The van der Waals surface area contributed by atoms with E-state index in [2.05, 4.69) is 19.2 Å². The number of anilines is 3. The van der Waals surface area contributed by atoms with E-state index >= 15 is 0 Å². The van der Waals surface area contributed by atoms with Gasteiger partial charge in [-0.3, -0.25) is 14.5 Å². The van der Waals surface area contributed by atoms with Gasteiger partial charge < -0.3 is 19.6 Å². The molecule has 1 fully saturated rings. The molecule has 0 saturated carbocycles. The van der Waals surface area contributed by atoms with Gasteiger partial charge in [0.2, 0.25) is 0 Å². The summed E-state index contributed by atoms with van der Waals surface area (Å²) in [6.07, 6.45) is 1.48. The highest BCUT2D eigenvalue weighted by atomic mass is 16.5. The molecule has 0 bridgehead atoms. The van der Waals surface area contributed by atoms with Crippen molar-refractivity contribution in [3.63, 3.8) is 0 Å². The minimum absolute atomic E-state index is 0.0308. The predicted octanol–water partition coefficient (Wildman–Crippen LogP) is 6.99. The summed E-state index contributed by atoms with van der Waals surface area (Å²) in [5.74, 6) is -0.347. The van der Waals surface area contributed by atoms with E-state index < -0.39 is 17.7 Å². The first kappa shape index (κ1) is 25.9. The summed E-state index contributed by atoms with van der Waals surface area (Å²) < 4.78 is 11.5. The summed E-state index contributed by atoms with van der Waals surface area (Å²) in [5.41, 5.74) is 3.45. The van der Waals surface area contributed by atoms with Crippen LogP contribution in [0, 0.1) is 12.8 Å². The Bertz CT molecular complexity index is 1510. The predicted molar refractivity (Wildman–Crippen MR) is 151 cm³/mol. The van der Waals surface area contributed by atoms with Gasteiger partial charge in [-0.05, 0) is 85.1 Å². The van der Waals surface area contributed by atoms with E-state index in [0.29, 0.717) is 35.3 Å². The quantitative estimate of drug-likeness (QED) is 0.147. The van der Waals surface area contributed by atoms with Crippen LogP contribution in [0.4, 0.5) is 17.1 Å². The summed E-state index contributed by atoms with van der Waals surface area (Å²) in [6, 6.07) is 24.6. The Hall–Kier alpha value is -4.78. The third-order valence-corrected chi connectivity index (χ3v) is 6.49. The molecule has 1 aliphatic heterocycles. The number of aliphatic hydroxyl groups excluding tert-OH is 1. The number of ketones is 1.